The minimum atomic E-state index is -3.45. The average molecular weight is 921 g/mol. The molecule has 1 aliphatic rings. The van der Waals surface area contributed by atoms with Gasteiger partial charge in [0.2, 0.25) is 0 Å². The lowest BCUT2D eigenvalue weighted by molar-refractivity contribution is 0.851. The average Bonchev–Trinajstić information content (AvgIpc) is 3.59. The van der Waals surface area contributed by atoms with Crippen LogP contribution in [0.2, 0.25) is 0 Å². The standard InChI is InChI=1S/C69H64Si/c1-44-41-60(51(8)66(57-35-23-14-24-36-57)63(44)54-29-17-11-18-30-54)70(69-49(6)47(4)48(5)50(69)7,61-42-45(2)64(55-31-19-12-20-32-55)67(52(61)9)58-37-25-15-26-38-58)62-43-46(3)65(56-33-21-13-22-34-56)68(53(62)10)59-39-27-16-28-40-59/h11-43,49H,1-10H3. The number of hydrogen-bond donors (Lipinski definition) is 0. The van der Waals surface area contributed by atoms with Crippen molar-refractivity contribution in [1.29, 1.82) is 0 Å². The van der Waals surface area contributed by atoms with Crippen LogP contribution >= 0.6 is 0 Å². The van der Waals surface area contributed by atoms with E-state index in [1.54, 1.807) is 5.20 Å². The Kier molecular flexibility index (Phi) is 12.5. The van der Waals surface area contributed by atoms with Crippen molar-refractivity contribution in [3.8, 4) is 66.8 Å². The quantitative estimate of drug-likeness (QED) is 0.0947. The lowest BCUT2D eigenvalue weighted by Crippen LogP contribution is -2.71. The minimum Gasteiger partial charge on any atom is -0.0636 e. The highest BCUT2D eigenvalue weighted by molar-refractivity contribution is 7.17. The number of allylic oxidation sites excluding steroid dienone is 4. The second-order valence-corrected chi connectivity index (χ2v) is 23.5. The Labute approximate surface area is 418 Å². The highest BCUT2D eigenvalue weighted by Gasteiger charge is 2.52. The molecule has 0 spiro atoms. The normalized spacial score (nSPS) is 13.9. The van der Waals surface area contributed by atoms with E-state index in [9.17, 15) is 0 Å². The molecule has 344 valence electrons. The Balaban J connectivity index is 1.50. The molecule has 1 aliphatic carbocycles. The summed E-state index contributed by atoms with van der Waals surface area (Å²) in [5.41, 5.74) is 27.7. The van der Waals surface area contributed by atoms with Crippen molar-refractivity contribution in [1.82, 2.24) is 0 Å². The van der Waals surface area contributed by atoms with Crippen LogP contribution in [0.15, 0.2) is 222 Å². The molecule has 0 saturated heterocycles. The highest BCUT2D eigenvalue weighted by Crippen LogP contribution is 2.48. The van der Waals surface area contributed by atoms with Gasteiger partial charge in [-0.3, -0.25) is 0 Å². The molecular weight excluding hydrogens is 857 g/mol. The van der Waals surface area contributed by atoms with Gasteiger partial charge in [0, 0.05) is 0 Å². The Bertz CT molecular complexity index is 3140. The summed E-state index contributed by atoms with van der Waals surface area (Å²) in [5, 5.41) is 6.00. The number of rotatable bonds is 10. The van der Waals surface area contributed by atoms with Gasteiger partial charge in [-0.05, 0) is 190 Å². The van der Waals surface area contributed by atoms with Crippen molar-refractivity contribution >= 4 is 23.6 Å². The molecule has 0 aliphatic heterocycles. The van der Waals surface area contributed by atoms with Gasteiger partial charge in [-0.25, -0.2) is 0 Å². The van der Waals surface area contributed by atoms with Crippen LogP contribution in [0.3, 0.4) is 0 Å². The molecule has 0 saturated carbocycles. The molecule has 0 heterocycles. The molecule has 0 aromatic heterocycles. The first-order chi connectivity index (χ1) is 33.9. The van der Waals surface area contributed by atoms with Crippen molar-refractivity contribution in [2.75, 3.05) is 0 Å². The van der Waals surface area contributed by atoms with Gasteiger partial charge in [-0.1, -0.05) is 223 Å². The summed E-state index contributed by atoms with van der Waals surface area (Å²) in [6.45, 7) is 24.3. The maximum atomic E-state index is 2.66. The van der Waals surface area contributed by atoms with E-state index in [0.717, 1.165) is 0 Å². The molecular formula is C69H64Si. The summed E-state index contributed by atoms with van der Waals surface area (Å²) in [7, 11) is -3.45. The summed E-state index contributed by atoms with van der Waals surface area (Å²) < 4.78 is 0. The molecule has 10 rings (SSSR count). The minimum absolute atomic E-state index is 0.211. The fourth-order valence-corrected chi connectivity index (χ4v) is 19.3. The summed E-state index contributed by atoms with van der Waals surface area (Å²) in [6.07, 6.45) is 0. The molecule has 0 nitrogen and oxygen atoms in total. The summed E-state index contributed by atoms with van der Waals surface area (Å²) >= 11 is 0. The maximum absolute atomic E-state index is 3.45. The van der Waals surface area contributed by atoms with E-state index < -0.39 is 8.07 Å². The smallest absolute Gasteiger partial charge is 0.0636 e. The van der Waals surface area contributed by atoms with Crippen LogP contribution < -0.4 is 15.6 Å². The topological polar surface area (TPSA) is 0 Å². The fraction of sp³-hybridized carbons (Fsp3) is 0.159. The molecule has 0 fully saturated rings. The molecule has 0 radical (unpaired) electrons. The Morgan fingerprint density at radius 2 is 0.514 bits per heavy atom. The monoisotopic (exact) mass is 920 g/mol. The van der Waals surface area contributed by atoms with Crippen molar-refractivity contribution < 1.29 is 0 Å². The third-order valence-electron chi connectivity index (χ3n) is 16.0. The second kappa shape index (κ2) is 18.9. The van der Waals surface area contributed by atoms with Crippen molar-refractivity contribution in [3.05, 3.63) is 255 Å². The van der Waals surface area contributed by atoms with Gasteiger partial charge in [-0.15, -0.1) is 0 Å². The van der Waals surface area contributed by atoms with Crippen LogP contribution in [-0.4, -0.2) is 8.07 Å². The largest absolute Gasteiger partial charge is 0.177 e. The predicted octanol–water partition coefficient (Wildman–Crippen LogP) is 16.9. The van der Waals surface area contributed by atoms with Crippen LogP contribution in [-0.2, 0) is 0 Å². The second-order valence-electron chi connectivity index (χ2n) is 19.9. The first-order valence-corrected chi connectivity index (χ1v) is 27.1. The van der Waals surface area contributed by atoms with Gasteiger partial charge in [0.15, 0.2) is 8.07 Å². The van der Waals surface area contributed by atoms with Gasteiger partial charge in [0.05, 0.1) is 0 Å². The molecule has 0 N–H and O–H groups in total. The van der Waals surface area contributed by atoms with Crippen molar-refractivity contribution in [2.45, 2.75) is 69.2 Å². The van der Waals surface area contributed by atoms with Crippen LogP contribution in [0.25, 0.3) is 66.8 Å². The van der Waals surface area contributed by atoms with Crippen molar-refractivity contribution in [2.24, 2.45) is 5.92 Å². The molecule has 1 atom stereocenters. The maximum Gasteiger partial charge on any atom is 0.177 e. The molecule has 1 heteroatoms. The van der Waals surface area contributed by atoms with Crippen LogP contribution in [0.4, 0.5) is 0 Å². The third-order valence-corrected chi connectivity index (χ3v) is 21.6. The SMILES string of the molecule is CC1=C(C)C(C)C([Si](c2cc(C)c(-c3ccccc3)c(-c3ccccc3)c2C)(c2cc(C)c(-c3ccccc3)c(-c3ccccc3)c2C)c2cc(C)c(-c3ccccc3)c(-c3ccccc3)c2C)=C1C. The van der Waals surface area contributed by atoms with Gasteiger partial charge < -0.3 is 0 Å². The first kappa shape index (κ1) is 46.4. The molecule has 9 aromatic carbocycles. The fourth-order valence-electron chi connectivity index (χ4n) is 12.6. The summed E-state index contributed by atoms with van der Waals surface area (Å²) in [4.78, 5) is 0. The summed E-state index contributed by atoms with van der Waals surface area (Å²) in [5.74, 6) is 0.211. The van der Waals surface area contributed by atoms with E-state index in [2.05, 4.69) is 269 Å². The lowest BCUT2D eigenvalue weighted by Gasteiger charge is -2.44. The Morgan fingerprint density at radius 1 is 0.286 bits per heavy atom. The van der Waals surface area contributed by atoms with Crippen LogP contribution in [0.5, 0.6) is 0 Å². The Hall–Kier alpha value is -7.32. The van der Waals surface area contributed by atoms with Crippen molar-refractivity contribution in [3.63, 3.8) is 0 Å². The molecule has 0 bridgehead atoms. The highest BCUT2D eigenvalue weighted by atomic mass is 28.3. The van der Waals surface area contributed by atoms with E-state index in [1.165, 1.54) is 132 Å². The summed E-state index contributed by atoms with van der Waals surface area (Å²) in [6, 6.07) is 75.0. The van der Waals surface area contributed by atoms with E-state index in [0.29, 0.717) is 0 Å². The first-order valence-electron chi connectivity index (χ1n) is 25.1. The van der Waals surface area contributed by atoms with E-state index in [4.69, 9.17) is 0 Å². The number of benzene rings is 9. The number of hydrogen-bond acceptors (Lipinski definition) is 0. The van der Waals surface area contributed by atoms with Crippen LogP contribution in [0, 0.1) is 47.5 Å². The molecule has 70 heavy (non-hydrogen) atoms. The lowest BCUT2D eigenvalue weighted by atomic mass is 9.87. The molecule has 0 amide bonds. The van der Waals surface area contributed by atoms with Crippen LogP contribution in [0.1, 0.15) is 61.1 Å². The number of aryl methyl sites for hydroxylation is 3. The molecule has 1 unspecified atom stereocenters. The van der Waals surface area contributed by atoms with E-state index in [1.807, 2.05) is 0 Å². The van der Waals surface area contributed by atoms with E-state index >= 15 is 0 Å². The zero-order valence-electron chi connectivity index (χ0n) is 42.6. The van der Waals surface area contributed by atoms with E-state index in [-0.39, 0.29) is 5.92 Å². The zero-order valence-corrected chi connectivity index (χ0v) is 43.6. The predicted molar refractivity (Wildman–Crippen MR) is 305 cm³/mol. The van der Waals surface area contributed by atoms with Gasteiger partial charge >= 0.3 is 0 Å². The van der Waals surface area contributed by atoms with Gasteiger partial charge in [-0.2, -0.15) is 0 Å². The Morgan fingerprint density at radius 3 is 0.729 bits per heavy atom. The van der Waals surface area contributed by atoms with Gasteiger partial charge in [0.1, 0.15) is 0 Å². The zero-order chi connectivity index (χ0) is 48.8. The molecule has 9 aromatic rings. The third kappa shape index (κ3) is 7.59. The van der Waals surface area contributed by atoms with Gasteiger partial charge in [0.25, 0.3) is 0 Å².